The van der Waals surface area contributed by atoms with Crippen molar-refractivity contribution in [2.24, 2.45) is 7.05 Å². The highest BCUT2D eigenvalue weighted by molar-refractivity contribution is 7.98. The van der Waals surface area contributed by atoms with Crippen molar-refractivity contribution in [3.63, 3.8) is 0 Å². The fourth-order valence-corrected chi connectivity index (χ4v) is 3.01. The summed E-state index contributed by atoms with van der Waals surface area (Å²) in [6.07, 6.45) is 4.76. The van der Waals surface area contributed by atoms with Crippen LogP contribution in [0.1, 0.15) is 36.2 Å². The number of amides is 1. The van der Waals surface area contributed by atoms with Crippen LogP contribution in [0.5, 0.6) is 0 Å². The number of rotatable bonds is 9. The van der Waals surface area contributed by atoms with Crippen molar-refractivity contribution in [2.45, 2.75) is 37.3 Å². The first kappa shape index (κ1) is 18.5. The van der Waals surface area contributed by atoms with Gasteiger partial charge in [0, 0.05) is 43.9 Å². The lowest BCUT2D eigenvalue weighted by Gasteiger charge is -2.09. The van der Waals surface area contributed by atoms with E-state index >= 15 is 0 Å². The van der Waals surface area contributed by atoms with E-state index in [9.17, 15) is 4.79 Å². The first-order valence-corrected chi connectivity index (χ1v) is 9.13. The van der Waals surface area contributed by atoms with E-state index in [0.29, 0.717) is 18.7 Å². The molecule has 0 aliphatic rings. The Balaban J connectivity index is 1.80. The van der Waals surface area contributed by atoms with Crippen LogP contribution in [0.2, 0.25) is 0 Å². The van der Waals surface area contributed by atoms with Crippen LogP contribution >= 0.6 is 11.8 Å². The molecular formula is C18H25N3O2S. The van der Waals surface area contributed by atoms with Crippen molar-refractivity contribution in [1.29, 1.82) is 0 Å². The Morgan fingerprint density at radius 1 is 1.42 bits per heavy atom. The van der Waals surface area contributed by atoms with E-state index < -0.39 is 0 Å². The molecule has 0 atom stereocenters. The second-order valence-electron chi connectivity index (χ2n) is 5.84. The predicted octanol–water partition coefficient (Wildman–Crippen LogP) is 3.26. The molecule has 5 nitrogen and oxygen atoms in total. The largest absolute Gasteiger partial charge is 0.379 e. The van der Waals surface area contributed by atoms with E-state index in [1.807, 2.05) is 55.9 Å². The van der Waals surface area contributed by atoms with E-state index in [1.54, 1.807) is 18.0 Å². The van der Waals surface area contributed by atoms with Crippen LogP contribution in [0.25, 0.3) is 0 Å². The van der Waals surface area contributed by atoms with Gasteiger partial charge in [-0.2, -0.15) is 0 Å². The highest BCUT2D eigenvalue weighted by Gasteiger charge is 2.07. The number of carbonyl (C=O) groups excluding carboxylic acids is 1. The summed E-state index contributed by atoms with van der Waals surface area (Å²) in [4.78, 5) is 16.5. The molecule has 0 saturated carbocycles. The minimum absolute atomic E-state index is 0.0385. The molecule has 0 bridgehead atoms. The third-order valence-corrected chi connectivity index (χ3v) is 4.52. The number of carbonyl (C=O) groups is 1. The van der Waals surface area contributed by atoms with E-state index in [-0.39, 0.29) is 12.0 Å². The standard InChI is InChI=1S/C18H25N3O2S/c1-14(2)23-11-5-8-19-17(22)16-7-4-6-15(12-16)13-24-18-20-9-10-21(18)3/h4,6-7,9-10,12,14H,5,8,11,13H2,1-3H3,(H,19,22). The van der Waals surface area contributed by atoms with Crippen LogP contribution in [0, 0.1) is 0 Å². The molecule has 0 aliphatic heterocycles. The van der Waals surface area contributed by atoms with Gasteiger partial charge in [-0.25, -0.2) is 4.98 Å². The molecule has 0 aliphatic carbocycles. The van der Waals surface area contributed by atoms with Crippen molar-refractivity contribution < 1.29 is 9.53 Å². The number of aromatic nitrogens is 2. The molecule has 1 heterocycles. The number of aryl methyl sites for hydroxylation is 1. The zero-order valence-electron chi connectivity index (χ0n) is 14.5. The smallest absolute Gasteiger partial charge is 0.251 e. The second-order valence-corrected chi connectivity index (χ2v) is 6.78. The zero-order chi connectivity index (χ0) is 17.4. The molecule has 1 amide bonds. The van der Waals surface area contributed by atoms with Crippen molar-refractivity contribution in [3.8, 4) is 0 Å². The van der Waals surface area contributed by atoms with Gasteiger partial charge in [-0.3, -0.25) is 4.79 Å². The maximum absolute atomic E-state index is 12.2. The van der Waals surface area contributed by atoms with Gasteiger partial charge in [0.1, 0.15) is 0 Å². The Morgan fingerprint density at radius 2 is 2.25 bits per heavy atom. The summed E-state index contributed by atoms with van der Waals surface area (Å²) in [6.45, 7) is 5.30. The summed E-state index contributed by atoms with van der Waals surface area (Å²) < 4.78 is 7.45. The first-order valence-electron chi connectivity index (χ1n) is 8.15. The SMILES string of the molecule is CC(C)OCCCNC(=O)c1cccc(CSc2nccn2C)c1. The number of benzene rings is 1. The molecule has 1 N–H and O–H groups in total. The molecule has 0 radical (unpaired) electrons. The molecule has 130 valence electrons. The summed E-state index contributed by atoms with van der Waals surface area (Å²) in [6, 6.07) is 7.74. The van der Waals surface area contributed by atoms with Crippen LogP contribution in [-0.4, -0.2) is 34.7 Å². The van der Waals surface area contributed by atoms with Crippen molar-refractivity contribution in [2.75, 3.05) is 13.2 Å². The minimum atomic E-state index is -0.0385. The van der Waals surface area contributed by atoms with Crippen molar-refractivity contribution >= 4 is 17.7 Å². The van der Waals surface area contributed by atoms with Crippen molar-refractivity contribution in [3.05, 3.63) is 47.8 Å². The van der Waals surface area contributed by atoms with Gasteiger partial charge in [0.2, 0.25) is 0 Å². The molecule has 6 heteroatoms. The number of hydrogen-bond acceptors (Lipinski definition) is 4. The van der Waals surface area contributed by atoms with Gasteiger partial charge in [-0.15, -0.1) is 0 Å². The van der Waals surface area contributed by atoms with Gasteiger partial charge in [-0.05, 0) is 38.0 Å². The lowest BCUT2D eigenvalue weighted by atomic mass is 10.1. The fraction of sp³-hybridized carbons (Fsp3) is 0.444. The van der Waals surface area contributed by atoms with Gasteiger partial charge < -0.3 is 14.6 Å². The second kappa shape index (κ2) is 9.49. The van der Waals surface area contributed by atoms with E-state index in [2.05, 4.69) is 10.3 Å². The molecular weight excluding hydrogens is 322 g/mol. The number of nitrogens with one attached hydrogen (secondary N) is 1. The van der Waals surface area contributed by atoms with Gasteiger partial charge in [-0.1, -0.05) is 23.9 Å². The number of imidazole rings is 1. The lowest BCUT2D eigenvalue weighted by molar-refractivity contribution is 0.0757. The number of hydrogen-bond donors (Lipinski definition) is 1. The monoisotopic (exact) mass is 347 g/mol. The normalized spacial score (nSPS) is 11.0. The summed E-state index contributed by atoms with van der Waals surface area (Å²) in [7, 11) is 1.97. The van der Waals surface area contributed by atoms with Gasteiger partial charge in [0.05, 0.1) is 6.10 Å². The van der Waals surface area contributed by atoms with Gasteiger partial charge >= 0.3 is 0 Å². The maximum Gasteiger partial charge on any atom is 0.251 e. The molecule has 1 aromatic heterocycles. The fourth-order valence-electron chi connectivity index (χ4n) is 2.14. The Bertz CT molecular complexity index is 655. The van der Waals surface area contributed by atoms with Crippen LogP contribution in [0.4, 0.5) is 0 Å². The molecule has 0 fully saturated rings. The van der Waals surface area contributed by atoms with Crippen molar-refractivity contribution in [1.82, 2.24) is 14.9 Å². The maximum atomic E-state index is 12.2. The van der Waals surface area contributed by atoms with E-state index in [0.717, 1.165) is 22.9 Å². The highest BCUT2D eigenvalue weighted by atomic mass is 32.2. The van der Waals surface area contributed by atoms with Crippen LogP contribution in [0.15, 0.2) is 41.8 Å². The summed E-state index contributed by atoms with van der Waals surface area (Å²) >= 11 is 1.66. The summed E-state index contributed by atoms with van der Waals surface area (Å²) in [5.41, 5.74) is 1.80. The average Bonchev–Trinajstić information content (AvgIpc) is 2.97. The molecule has 0 spiro atoms. The van der Waals surface area contributed by atoms with Crippen LogP contribution in [0.3, 0.4) is 0 Å². The minimum Gasteiger partial charge on any atom is -0.379 e. The number of thioether (sulfide) groups is 1. The zero-order valence-corrected chi connectivity index (χ0v) is 15.3. The molecule has 1 aromatic carbocycles. The quantitative estimate of drug-likeness (QED) is 0.559. The van der Waals surface area contributed by atoms with Gasteiger partial charge in [0.15, 0.2) is 5.16 Å². The van der Waals surface area contributed by atoms with E-state index in [1.165, 1.54) is 0 Å². The first-order chi connectivity index (χ1) is 11.6. The number of nitrogens with zero attached hydrogens (tertiary/aromatic N) is 2. The molecule has 2 rings (SSSR count). The highest BCUT2D eigenvalue weighted by Crippen LogP contribution is 2.21. The van der Waals surface area contributed by atoms with Crippen LogP contribution in [-0.2, 0) is 17.5 Å². The predicted molar refractivity (Wildman–Crippen MR) is 97.2 cm³/mol. The Morgan fingerprint density at radius 3 is 2.96 bits per heavy atom. The third kappa shape index (κ3) is 6.02. The average molecular weight is 347 g/mol. The Labute approximate surface area is 147 Å². The molecule has 0 unspecified atom stereocenters. The van der Waals surface area contributed by atoms with E-state index in [4.69, 9.17) is 4.74 Å². The molecule has 2 aromatic rings. The number of ether oxygens (including phenoxy) is 1. The molecule has 0 saturated heterocycles. The van der Waals surface area contributed by atoms with Gasteiger partial charge in [0.25, 0.3) is 5.91 Å². The third-order valence-electron chi connectivity index (χ3n) is 3.39. The molecule has 24 heavy (non-hydrogen) atoms. The summed E-state index contributed by atoms with van der Waals surface area (Å²) in [5.74, 6) is 0.747. The summed E-state index contributed by atoms with van der Waals surface area (Å²) in [5, 5.41) is 3.90. The lowest BCUT2D eigenvalue weighted by Crippen LogP contribution is -2.25. The Hall–Kier alpha value is -1.79. The Kier molecular flexibility index (Phi) is 7.34. The topological polar surface area (TPSA) is 56.1 Å². The van der Waals surface area contributed by atoms with Crippen LogP contribution < -0.4 is 5.32 Å².